The minimum atomic E-state index is -0.237. The number of carbonyl (C=O) groups excluding carboxylic acids is 1. The molecule has 0 bridgehead atoms. The molecule has 1 aromatic carbocycles. The average molecular weight is 265 g/mol. The highest BCUT2D eigenvalue weighted by molar-refractivity contribution is 5.91. The number of aryl methyl sites for hydroxylation is 1. The Hall–Kier alpha value is -1.59. The molecule has 1 rings (SSSR count). The number of hydrogen-bond acceptors (Lipinski definition) is 4. The summed E-state index contributed by atoms with van der Waals surface area (Å²) in [7, 11) is 5.51. The average Bonchev–Trinajstić information content (AvgIpc) is 2.37. The van der Waals surface area contributed by atoms with E-state index in [1.54, 1.807) is 7.11 Å². The zero-order valence-corrected chi connectivity index (χ0v) is 12.1. The molecule has 106 valence electrons. The lowest BCUT2D eigenvalue weighted by Gasteiger charge is -2.18. The Bertz CT molecular complexity index is 429. The number of ether oxygens (including phenoxy) is 1. The second-order valence-electron chi connectivity index (χ2n) is 4.74. The van der Waals surface area contributed by atoms with Crippen LogP contribution in [0.2, 0.25) is 0 Å². The Labute approximate surface area is 114 Å². The summed E-state index contributed by atoms with van der Waals surface area (Å²) < 4.78 is 5.09. The molecule has 19 heavy (non-hydrogen) atoms. The van der Waals surface area contributed by atoms with E-state index in [0.717, 1.165) is 11.4 Å². The van der Waals surface area contributed by atoms with Gasteiger partial charge < -0.3 is 20.7 Å². The van der Waals surface area contributed by atoms with Crippen LogP contribution in [0.15, 0.2) is 18.2 Å². The smallest absolute Gasteiger partial charge is 0.227 e. The van der Waals surface area contributed by atoms with Gasteiger partial charge in [0, 0.05) is 39.1 Å². The standard InChI is InChI=1S/C14H23N3O2/c1-10-5-6-11(7-13(10)17(2)3)16-14(18)8-12(9-15)19-4/h5-7,12H,8-9,15H2,1-4H3,(H,16,18). The minimum absolute atomic E-state index is 0.0918. The zero-order chi connectivity index (χ0) is 14.4. The van der Waals surface area contributed by atoms with Crippen molar-refractivity contribution in [3.63, 3.8) is 0 Å². The predicted octanol–water partition coefficient (Wildman–Crippen LogP) is 1.36. The lowest BCUT2D eigenvalue weighted by molar-refractivity contribution is -0.118. The molecule has 0 spiro atoms. The van der Waals surface area contributed by atoms with Gasteiger partial charge in [0.05, 0.1) is 12.5 Å². The quantitative estimate of drug-likeness (QED) is 0.815. The van der Waals surface area contributed by atoms with E-state index in [1.807, 2.05) is 44.1 Å². The molecule has 0 radical (unpaired) electrons. The third-order valence-electron chi connectivity index (χ3n) is 2.98. The first-order valence-electron chi connectivity index (χ1n) is 6.28. The first kappa shape index (κ1) is 15.5. The van der Waals surface area contributed by atoms with Gasteiger partial charge in [-0.15, -0.1) is 0 Å². The molecule has 3 N–H and O–H groups in total. The van der Waals surface area contributed by atoms with Crippen molar-refractivity contribution in [1.29, 1.82) is 0 Å². The van der Waals surface area contributed by atoms with Crippen molar-refractivity contribution in [2.75, 3.05) is 38.0 Å². The number of methoxy groups -OCH3 is 1. The minimum Gasteiger partial charge on any atom is -0.380 e. The largest absolute Gasteiger partial charge is 0.380 e. The Balaban J connectivity index is 2.72. The Kier molecular flexibility index (Phi) is 5.79. The third-order valence-corrected chi connectivity index (χ3v) is 2.98. The number of nitrogens with zero attached hydrogens (tertiary/aromatic N) is 1. The summed E-state index contributed by atoms with van der Waals surface area (Å²) in [6.45, 7) is 2.37. The van der Waals surface area contributed by atoms with Gasteiger partial charge in [-0.05, 0) is 24.6 Å². The van der Waals surface area contributed by atoms with Crippen molar-refractivity contribution in [1.82, 2.24) is 0 Å². The number of nitrogens with two attached hydrogens (primary N) is 1. The molecule has 1 aromatic rings. The van der Waals surface area contributed by atoms with Gasteiger partial charge in [0.2, 0.25) is 5.91 Å². The van der Waals surface area contributed by atoms with E-state index in [1.165, 1.54) is 5.56 Å². The SMILES string of the molecule is COC(CN)CC(=O)Nc1ccc(C)c(N(C)C)c1. The van der Waals surface area contributed by atoms with Crippen LogP contribution >= 0.6 is 0 Å². The fraction of sp³-hybridized carbons (Fsp3) is 0.500. The molecule has 0 heterocycles. The van der Waals surface area contributed by atoms with E-state index in [-0.39, 0.29) is 18.4 Å². The number of carbonyl (C=O) groups is 1. The number of amides is 1. The van der Waals surface area contributed by atoms with Crippen LogP contribution < -0.4 is 16.0 Å². The van der Waals surface area contributed by atoms with Crippen molar-refractivity contribution in [3.05, 3.63) is 23.8 Å². The lowest BCUT2D eigenvalue weighted by Crippen LogP contribution is -2.28. The first-order valence-corrected chi connectivity index (χ1v) is 6.28. The number of anilines is 2. The van der Waals surface area contributed by atoms with Gasteiger partial charge in [0.15, 0.2) is 0 Å². The van der Waals surface area contributed by atoms with Crippen molar-refractivity contribution < 1.29 is 9.53 Å². The number of hydrogen-bond donors (Lipinski definition) is 2. The number of nitrogens with one attached hydrogen (secondary N) is 1. The van der Waals surface area contributed by atoms with Crippen LogP contribution in [-0.4, -0.2) is 39.8 Å². The molecule has 1 unspecified atom stereocenters. The lowest BCUT2D eigenvalue weighted by atomic mass is 10.1. The molecule has 0 fully saturated rings. The predicted molar refractivity (Wildman–Crippen MR) is 78.6 cm³/mol. The molecule has 0 aliphatic heterocycles. The highest BCUT2D eigenvalue weighted by Gasteiger charge is 2.12. The second kappa shape index (κ2) is 7.11. The molecular formula is C14H23N3O2. The van der Waals surface area contributed by atoms with E-state index in [9.17, 15) is 4.79 Å². The molecule has 5 nitrogen and oxygen atoms in total. The maximum Gasteiger partial charge on any atom is 0.227 e. The normalized spacial score (nSPS) is 12.1. The van der Waals surface area contributed by atoms with Crippen LogP contribution in [0.25, 0.3) is 0 Å². The van der Waals surface area contributed by atoms with Gasteiger partial charge in [-0.25, -0.2) is 0 Å². The maximum absolute atomic E-state index is 11.8. The van der Waals surface area contributed by atoms with Crippen LogP contribution in [0.1, 0.15) is 12.0 Å². The topological polar surface area (TPSA) is 67.6 Å². The van der Waals surface area contributed by atoms with Crippen molar-refractivity contribution >= 4 is 17.3 Å². The van der Waals surface area contributed by atoms with E-state index >= 15 is 0 Å². The van der Waals surface area contributed by atoms with Gasteiger partial charge in [-0.3, -0.25) is 4.79 Å². The fourth-order valence-electron chi connectivity index (χ4n) is 1.85. The molecule has 0 aliphatic rings. The van der Waals surface area contributed by atoms with Crippen molar-refractivity contribution in [3.8, 4) is 0 Å². The molecule has 1 amide bonds. The van der Waals surface area contributed by atoms with Gasteiger partial charge in [0.25, 0.3) is 0 Å². The number of benzene rings is 1. The van der Waals surface area contributed by atoms with E-state index < -0.39 is 0 Å². The van der Waals surface area contributed by atoms with E-state index in [4.69, 9.17) is 10.5 Å². The molecule has 0 aliphatic carbocycles. The third kappa shape index (κ3) is 4.54. The Morgan fingerprint density at radius 3 is 2.68 bits per heavy atom. The highest BCUT2D eigenvalue weighted by atomic mass is 16.5. The maximum atomic E-state index is 11.8. The second-order valence-corrected chi connectivity index (χ2v) is 4.74. The molecule has 0 saturated carbocycles. The number of rotatable bonds is 6. The molecule has 0 saturated heterocycles. The van der Waals surface area contributed by atoms with Crippen LogP contribution in [0.3, 0.4) is 0 Å². The van der Waals surface area contributed by atoms with Gasteiger partial charge in [0.1, 0.15) is 0 Å². The summed E-state index contributed by atoms with van der Waals surface area (Å²) in [4.78, 5) is 13.9. The van der Waals surface area contributed by atoms with Crippen LogP contribution in [0.4, 0.5) is 11.4 Å². The van der Waals surface area contributed by atoms with Crippen LogP contribution in [0.5, 0.6) is 0 Å². The van der Waals surface area contributed by atoms with Crippen molar-refractivity contribution in [2.24, 2.45) is 5.73 Å². The molecule has 1 atom stereocenters. The monoisotopic (exact) mass is 265 g/mol. The summed E-state index contributed by atoms with van der Waals surface area (Å²) in [5, 5.41) is 2.86. The molecule has 0 aromatic heterocycles. The van der Waals surface area contributed by atoms with Crippen molar-refractivity contribution in [2.45, 2.75) is 19.4 Å². The summed E-state index contributed by atoms with van der Waals surface area (Å²) in [5.41, 5.74) is 8.53. The summed E-state index contributed by atoms with van der Waals surface area (Å²) >= 11 is 0. The Morgan fingerprint density at radius 1 is 1.47 bits per heavy atom. The van der Waals surface area contributed by atoms with Crippen LogP contribution in [0, 0.1) is 6.92 Å². The van der Waals surface area contributed by atoms with E-state index in [2.05, 4.69) is 5.32 Å². The summed E-state index contributed by atoms with van der Waals surface area (Å²) in [6, 6.07) is 5.84. The molecule has 5 heteroatoms. The highest BCUT2D eigenvalue weighted by Crippen LogP contribution is 2.22. The van der Waals surface area contributed by atoms with E-state index in [0.29, 0.717) is 6.54 Å². The Morgan fingerprint density at radius 2 is 2.16 bits per heavy atom. The van der Waals surface area contributed by atoms with Crippen LogP contribution in [-0.2, 0) is 9.53 Å². The summed E-state index contributed by atoms with van der Waals surface area (Å²) in [5.74, 6) is -0.0918. The zero-order valence-electron chi connectivity index (χ0n) is 12.1. The van der Waals surface area contributed by atoms with Gasteiger partial charge in [-0.2, -0.15) is 0 Å². The summed E-state index contributed by atoms with van der Waals surface area (Å²) in [6.07, 6.45) is 0.0248. The fourth-order valence-corrected chi connectivity index (χ4v) is 1.85. The van der Waals surface area contributed by atoms with Gasteiger partial charge in [-0.1, -0.05) is 6.07 Å². The first-order chi connectivity index (χ1) is 8.97. The molecular weight excluding hydrogens is 242 g/mol. The van der Waals surface area contributed by atoms with Gasteiger partial charge >= 0.3 is 0 Å².